The van der Waals surface area contributed by atoms with Gasteiger partial charge in [-0.25, -0.2) is 0 Å². The van der Waals surface area contributed by atoms with Crippen LogP contribution in [0.5, 0.6) is 0 Å². The fraction of sp³-hybridized carbons (Fsp3) is 0.367. The van der Waals surface area contributed by atoms with Gasteiger partial charge >= 0.3 is 5.97 Å². The highest BCUT2D eigenvalue weighted by Crippen LogP contribution is 2.44. The van der Waals surface area contributed by atoms with Gasteiger partial charge in [0.25, 0.3) is 0 Å². The Morgan fingerprint density at radius 3 is 2.00 bits per heavy atom. The van der Waals surface area contributed by atoms with Gasteiger partial charge in [0.1, 0.15) is 18.6 Å². The fourth-order valence-corrected chi connectivity index (χ4v) is 6.12. The Labute approximate surface area is 218 Å². The van der Waals surface area contributed by atoms with E-state index in [0.717, 1.165) is 29.4 Å². The Hall–Kier alpha value is -2.47. The van der Waals surface area contributed by atoms with Crippen molar-refractivity contribution in [2.45, 2.75) is 56.3 Å². The number of hydrogen-bond donors (Lipinski definition) is 1. The number of benzene rings is 3. The summed E-state index contributed by atoms with van der Waals surface area (Å²) in [5.41, 5.74) is 4.67. The zero-order chi connectivity index (χ0) is 23.5. The summed E-state index contributed by atoms with van der Waals surface area (Å²) in [5, 5.41) is 9.83. The highest BCUT2D eigenvalue weighted by Gasteiger charge is 2.52. The molecule has 0 aliphatic carbocycles. The zero-order valence-electron chi connectivity index (χ0n) is 20.2. The molecule has 35 heavy (non-hydrogen) atoms. The first-order valence-electron chi connectivity index (χ1n) is 12.4. The molecule has 2 fully saturated rings. The number of quaternary nitrogens is 1. The molecule has 2 aliphatic rings. The predicted molar refractivity (Wildman–Crippen MR) is 134 cm³/mol. The van der Waals surface area contributed by atoms with Gasteiger partial charge in [0.15, 0.2) is 0 Å². The molecule has 2 bridgehead atoms. The van der Waals surface area contributed by atoms with Crippen molar-refractivity contribution in [3.63, 3.8) is 0 Å². The third-order valence-electron chi connectivity index (χ3n) is 8.11. The van der Waals surface area contributed by atoms with Crippen LogP contribution in [0.1, 0.15) is 42.7 Å². The number of aliphatic hydroxyl groups is 1. The first-order chi connectivity index (χ1) is 16.6. The van der Waals surface area contributed by atoms with E-state index >= 15 is 0 Å². The lowest BCUT2D eigenvalue weighted by molar-refractivity contribution is -0.961. The average Bonchev–Trinajstić information content (AvgIpc) is 3.02. The molecule has 4 nitrogen and oxygen atoms in total. The van der Waals surface area contributed by atoms with Crippen LogP contribution in [0, 0.1) is 0 Å². The minimum Gasteiger partial charge on any atom is -1.00 e. The number of esters is 1. The van der Waals surface area contributed by atoms with Gasteiger partial charge in [-0.3, -0.25) is 4.79 Å². The quantitative estimate of drug-likeness (QED) is 0.373. The second kappa shape index (κ2) is 11.1. The summed E-state index contributed by atoms with van der Waals surface area (Å²) in [6.07, 6.45) is 4.09. The standard InChI is InChI=1S/C30H34NO3.BrH/c1-31(20-22-12-14-24(15-13-22)23-8-4-2-5-9-23)26-16-17-27(31)19-28(18-26)34-30(33)29(21-32)25-10-6-3-7-11-25;/h2-15,26-29,32H,16-21H2,1H3;1H/q+1;/p-1. The van der Waals surface area contributed by atoms with Gasteiger partial charge in [0, 0.05) is 31.2 Å². The van der Waals surface area contributed by atoms with Gasteiger partial charge in [-0.1, -0.05) is 84.9 Å². The van der Waals surface area contributed by atoms with Crippen molar-refractivity contribution in [2.75, 3.05) is 13.7 Å². The summed E-state index contributed by atoms with van der Waals surface area (Å²) in [4.78, 5) is 12.9. The Morgan fingerprint density at radius 2 is 1.43 bits per heavy atom. The molecule has 5 heteroatoms. The SMILES string of the molecule is C[N+]1(Cc2ccc(-c3ccccc3)cc2)C2CCC1CC(OC(=O)C(CO)c1ccccc1)C2.[Br-]. The summed E-state index contributed by atoms with van der Waals surface area (Å²) < 4.78 is 7.01. The number of halogens is 1. The van der Waals surface area contributed by atoms with Gasteiger partial charge < -0.3 is 31.3 Å². The minimum absolute atomic E-state index is 0. The Morgan fingerprint density at radius 1 is 0.886 bits per heavy atom. The van der Waals surface area contributed by atoms with E-state index in [0.29, 0.717) is 12.1 Å². The van der Waals surface area contributed by atoms with E-state index in [9.17, 15) is 9.90 Å². The fourth-order valence-electron chi connectivity index (χ4n) is 6.12. The van der Waals surface area contributed by atoms with Crippen molar-refractivity contribution in [3.05, 3.63) is 96.1 Å². The van der Waals surface area contributed by atoms with Gasteiger partial charge in [-0.05, 0) is 16.7 Å². The monoisotopic (exact) mass is 535 g/mol. The molecule has 0 radical (unpaired) electrons. The van der Waals surface area contributed by atoms with Crippen molar-refractivity contribution < 1.29 is 36.1 Å². The Kier molecular flexibility index (Phi) is 8.10. The molecule has 3 unspecified atom stereocenters. The molecule has 2 saturated heterocycles. The highest BCUT2D eigenvalue weighted by atomic mass is 79.9. The van der Waals surface area contributed by atoms with Crippen LogP contribution in [0.15, 0.2) is 84.9 Å². The molecule has 0 aromatic heterocycles. The van der Waals surface area contributed by atoms with E-state index < -0.39 is 5.92 Å². The highest BCUT2D eigenvalue weighted by molar-refractivity contribution is 5.78. The van der Waals surface area contributed by atoms with Crippen LogP contribution in [-0.4, -0.2) is 47.4 Å². The third-order valence-corrected chi connectivity index (χ3v) is 8.11. The molecule has 1 N–H and O–H groups in total. The number of nitrogens with zero attached hydrogens (tertiary/aromatic N) is 1. The van der Waals surface area contributed by atoms with Crippen molar-refractivity contribution in [2.24, 2.45) is 0 Å². The van der Waals surface area contributed by atoms with Crippen molar-refractivity contribution in [1.82, 2.24) is 0 Å². The largest absolute Gasteiger partial charge is 1.00 e. The van der Waals surface area contributed by atoms with Crippen molar-refractivity contribution in [3.8, 4) is 11.1 Å². The number of ether oxygens (including phenoxy) is 1. The lowest BCUT2D eigenvalue weighted by Gasteiger charge is -2.47. The van der Waals surface area contributed by atoms with Crippen molar-refractivity contribution >= 4 is 5.97 Å². The Balaban J connectivity index is 0.00000289. The minimum atomic E-state index is -0.607. The Bertz CT molecular complexity index is 1090. The second-order valence-electron chi connectivity index (χ2n) is 10.1. The molecule has 2 aliphatic heterocycles. The smallest absolute Gasteiger partial charge is 0.316 e. The summed E-state index contributed by atoms with van der Waals surface area (Å²) in [7, 11) is 2.38. The molecular weight excluding hydrogens is 502 g/mol. The number of rotatable bonds is 7. The number of hydrogen-bond acceptors (Lipinski definition) is 3. The summed E-state index contributed by atoms with van der Waals surface area (Å²) >= 11 is 0. The molecule has 184 valence electrons. The molecule has 3 atom stereocenters. The van der Waals surface area contributed by atoms with E-state index in [1.54, 1.807) is 0 Å². The summed E-state index contributed by atoms with van der Waals surface area (Å²) in [6.45, 7) is 0.781. The van der Waals surface area contributed by atoms with Crippen LogP contribution < -0.4 is 17.0 Å². The van der Waals surface area contributed by atoms with Gasteiger partial charge in [0.2, 0.25) is 0 Å². The number of carbonyl (C=O) groups is 1. The van der Waals surface area contributed by atoms with Gasteiger partial charge in [-0.15, -0.1) is 0 Å². The number of aliphatic hydroxyl groups excluding tert-OH is 1. The van der Waals surface area contributed by atoms with Crippen LogP contribution in [0.4, 0.5) is 0 Å². The first kappa shape index (κ1) is 25.6. The molecule has 2 heterocycles. The van der Waals surface area contributed by atoms with E-state index in [1.807, 2.05) is 36.4 Å². The maximum Gasteiger partial charge on any atom is 0.316 e. The molecule has 0 spiro atoms. The van der Waals surface area contributed by atoms with Crippen LogP contribution in [-0.2, 0) is 16.1 Å². The number of carbonyl (C=O) groups excluding carboxylic acids is 1. The van der Waals surface area contributed by atoms with Crippen LogP contribution >= 0.6 is 0 Å². The van der Waals surface area contributed by atoms with E-state index in [1.165, 1.54) is 29.5 Å². The van der Waals surface area contributed by atoms with Gasteiger partial charge in [0.05, 0.1) is 25.7 Å². The van der Waals surface area contributed by atoms with Crippen LogP contribution in [0.2, 0.25) is 0 Å². The lowest BCUT2D eigenvalue weighted by atomic mass is 9.94. The normalized spacial score (nSPS) is 25.9. The van der Waals surface area contributed by atoms with Crippen molar-refractivity contribution in [1.29, 1.82) is 0 Å². The number of piperidine rings is 1. The zero-order valence-corrected chi connectivity index (χ0v) is 21.8. The third kappa shape index (κ3) is 5.37. The van der Waals surface area contributed by atoms with E-state index in [-0.39, 0.29) is 35.7 Å². The lowest BCUT2D eigenvalue weighted by Crippen LogP contribution is -3.00. The number of fused-ring (bicyclic) bond motifs is 2. The van der Waals surface area contributed by atoms with Crippen LogP contribution in [0.25, 0.3) is 11.1 Å². The maximum absolute atomic E-state index is 12.9. The molecule has 0 amide bonds. The first-order valence-corrected chi connectivity index (χ1v) is 12.4. The summed E-state index contributed by atoms with van der Waals surface area (Å²) in [6, 6.07) is 29.9. The molecule has 0 saturated carbocycles. The summed E-state index contributed by atoms with van der Waals surface area (Å²) in [5.74, 6) is -0.907. The molecular formula is C30H34BrNO3. The molecule has 3 aromatic rings. The maximum atomic E-state index is 12.9. The van der Waals surface area contributed by atoms with Gasteiger partial charge in [-0.2, -0.15) is 0 Å². The second-order valence-corrected chi connectivity index (χ2v) is 10.1. The molecule has 3 aromatic carbocycles. The average molecular weight is 537 g/mol. The topological polar surface area (TPSA) is 46.5 Å². The van der Waals surface area contributed by atoms with Crippen LogP contribution in [0.3, 0.4) is 0 Å². The molecule has 5 rings (SSSR count). The van der Waals surface area contributed by atoms with E-state index in [2.05, 4.69) is 55.6 Å². The predicted octanol–water partition coefficient (Wildman–Crippen LogP) is 2.32. The van der Waals surface area contributed by atoms with E-state index in [4.69, 9.17) is 4.74 Å².